The third-order valence-electron chi connectivity index (χ3n) is 2.71. The fourth-order valence-corrected chi connectivity index (χ4v) is 1.83. The molecule has 18 heavy (non-hydrogen) atoms. The number of hydrogen-bond donors (Lipinski definition) is 2. The Labute approximate surface area is 111 Å². The Morgan fingerprint density at radius 2 is 1.94 bits per heavy atom. The van der Waals surface area contributed by atoms with Gasteiger partial charge in [-0.1, -0.05) is 13.8 Å². The van der Waals surface area contributed by atoms with Gasteiger partial charge in [0, 0.05) is 18.6 Å². The zero-order valence-electron chi connectivity index (χ0n) is 12.4. The summed E-state index contributed by atoms with van der Waals surface area (Å²) in [5, 5.41) is 6.42. The molecular weight excluding hydrogens is 228 g/mol. The average molecular weight is 256 g/mol. The van der Waals surface area contributed by atoms with Gasteiger partial charge < -0.3 is 15.4 Å². The summed E-state index contributed by atoms with van der Waals surface area (Å²) in [5.41, 5.74) is -0.434. The van der Waals surface area contributed by atoms with Crippen LogP contribution in [0, 0.1) is 5.92 Å². The Bertz CT molecular complexity index is 267. The molecule has 0 saturated heterocycles. The number of amides is 1. The second-order valence-electron chi connectivity index (χ2n) is 6.66. The van der Waals surface area contributed by atoms with Crippen molar-refractivity contribution in [3.8, 4) is 0 Å². The lowest BCUT2D eigenvalue weighted by molar-refractivity contribution is 0.0498. The maximum absolute atomic E-state index is 11.7. The lowest BCUT2D eigenvalue weighted by Gasteiger charge is -2.25. The molecule has 1 saturated carbocycles. The van der Waals surface area contributed by atoms with Crippen LogP contribution in [0.3, 0.4) is 0 Å². The van der Waals surface area contributed by atoms with Gasteiger partial charge in [0.25, 0.3) is 0 Å². The van der Waals surface area contributed by atoms with Crippen LogP contribution in [0.2, 0.25) is 0 Å². The zero-order chi connectivity index (χ0) is 13.8. The van der Waals surface area contributed by atoms with Crippen LogP contribution in [0.4, 0.5) is 4.79 Å². The van der Waals surface area contributed by atoms with Crippen molar-refractivity contribution >= 4 is 6.09 Å². The number of carbonyl (C=O) groups excluding carboxylic acids is 1. The van der Waals surface area contributed by atoms with E-state index in [1.807, 2.05) is 20.8 Å². The minimum Gasteiger partial charge on any atom is -0.444 e. The molecule has 1 aliphatic rings. The minimum absolute atomic E-state index is 0.153. The van der Waals surface area contributed by atoms with Crippen molar-refractivity contribution in [1.82, 2.24) is 10.6 Å². The van der Waals surface area contributed by atoms with Gasteiger partial charge in [-0.2, -0.15) is 0 Å². The minimum atomic E-state index is -0.434. The molecule has 1 atom stereocenters. The molecule has 0 aromatic carbocycles. The third kappa shape index (κ3) is 7.54. The van der Waals surface area contributed by atoms with Crippen molar-refractivity contribution in [1.29, 1.82) is 0 Å². The summed E-state index contributed by atoms with van der Waals surface area (Å²) >= 11 is 0. The van der Waals surface area contributed by atoms with E-state index >= 15 is 0 Å². The smallest absolute Gasteiger partial charge is 0.407 e. The summed E-state index contributed by atoms with van der Waals surface area (Å²) in [7, 11) is 0. The summed E-state index contributed by atoms with van der Waals surface area (Å²) in [6.07, 6.45) is 3.19. The average Bonchev–Trinajstić information content (AvgIpc) is 2.92. The van der Waals surface area contributed by atoms with Gasteiger partial charge in [-0.3, -0.25) is 0 Å². The number of hydrogen-bond acceptors (Lipinski definition) is 3. The predicted molar refractivity (Wildman–Crippen MR) is 73.6 cm³/mol. The van der Waals surface area contributed by atoms with Gasteiger partial charge in [-0.05, 0) is 46.0 Å². The molecule has 106 valence electrons. The molecular formula is C14H28N2O2. The quantitative estimate of drug-likeness (QED) is 0.768. The fraction of sp³-hybridized carbons (Fsp3) is 0.929. The van der Waals surface area contributed by atoms with Crippen molar-refractivity contribution in [3.05, 3.63) is 0 Å². The van der Waals surface area contributed by atoms with Gasteiger partial charge in [-0.25, -0.2) is 4.79 Å². The van der Waals surface area contributed by atoms with E-state index in [-0.39, 0.29) is 12.1 Å². The number of rotatable bonds is 6. The maximum atomic E-state index is 11.7. The Balaban J connectivity index is 2.35. The summed E-state index contributed by atoms with van der Waals surface area (Å²) in [5.74, 6) is 0.561. The van der Waals surface area contributed by atoms with Crippen LogP contribution in [0.15, 0.2) is 0 Å². The maximum Gasteiger partial charge on any atom is 0.407 e. The van der Waals surface area contributed by atoms with Crippen molar-refractivity contribution in [2.45, 2.75) is 71.6 Å². The second-order valence-corrected chi connectivity index (χ2v) is 6.66. The predicted octanol–water partition coefficient (Wildman–Crippen LogP) is 2.68. The van der Waals surface area contributed by atoms with Crippen molar-refractivity contribution in [3.63, 3.8) is 0 Å². The van der Waals surface area contributed by atoms with E-state index in [4.69, 9.17) is 4.74 Å². The highest BCUT2D eigenvalue weighted by molar-refractivity contribution is 5.68. The zero-order valence-corrected chi connectivity index (χ0v) is 12.4. The molecule has 0 heterocycles. The Morgan fingerprint density at radius 1 is 1.33 bits per heavy atom. The molecule has 4 heteroatoms. The molecule has 1 rings (SSSR count). The van der Waals surface area contributed by atoms with Crippen molar-refractivity contribution in [2.24, 2.45) is 5.92 Å². The highest BCUT2D eigenvalue weighted by atomic mass is 16.6. The third-order valence-corrected chi connectivity index (χ3v) is 2.71. The van der Waals surface area contributed by atoms with Crippen molar-refractivity contribution < 1.29 is 9.53 Å². The molecule has 1 fully saturated rings. The van der Waals surface area contributed by atoms with Crippen LogP contribution in [-0.4, -0.2) is 30.3 Å². The van der Waals surface area contributed by atoms with Crippen LogP contribution in [0.5, 0.6) is 0 Å². The molecule has 0 bridgehead atoms. The van der Waals surface area contributed by atoms with Crippen LogP contribution in [0.25, 0.3) is 0 Å². The lowest BCUT2D eigenvalue weighted by atomic mass is 10.0. The normalized spacial score (nSPS) is 17.7. The first-order chi connectivity index (χ1) is 8.26. The lowest BCUT2D eigenvalue weighted by Crippen LogP contribution is -2.45. The molecule has 1 aliphatic carbocycles. The van der Waals surface area contributed by atoms with Crippen LogP contribution in [-0.2, 0) is 4.74 Å². The Kier molecular flexibility index (Phi) is 5.45. The molecule has 0 spiro atoms. The SMILES string of the molecule is CC(C)CC(CNC1CC1)NC(=O)OC(C)(C)C. The summed E-state index contributed by atoms with van der Waals surface area (Å²) in [4.78, 5) is 11.7. The van der Waals surface area contributed by atoms with Crippen LogP contribution >= 0.6 is 0 Å². The molecule has 4 nitrogen and oxygen atoms in total. The topological polar surface area (TPSA) is 50.4 Å². The summed E-state index contributed by atoms with van der Waals surface area (Å²) < 4.78 is 5.29. The number of alkyl carbamates (subject to hydrolysis) is 1. The standard InChI is InChI=1S/C14H28N2O2/c1-10(2)8-12(9-15-11-6-7-11)16-13(17)18-14(3,4)5/h10-12,15H,6-9H2,1-5H3,(H,16,17). The van der Waals surface area contributed by atoms with Gasteiger partial charge in [-0.15, -0.1) is 0 Å². The molecule has 2 N–H and O–H groups in total. The van der Waals surface area contributed by atoms with Crippen LogP contribution in [0.1, 0.15) is 53.9 Å². The highest BCUT2D eigenvalue weighted by Crippen LogP contribution is 2.19. The van der Waals surface area contributed by atoms with Gasteiger partial charge in [0.05, 0.1) is 0 Å². The van der Waals surface area contributed by atoms with Gasteiger partial charge >= 0.3 is 6.09 Å². The monoisotopic (exact) mass is 256 g/mol. The van der Waals surface area contributed by atoms with E-state index in [1.165, 1.54) is 12.8 Å². The first kappa shape index (κ1) is 15.3. The van der Waals surface area contributed by atoms with E-state index in [2.05, 4.69) is 24.5 Å². The van der Waals surface area contributed by atoms with Crippen molar-refractivity contribution in [2.75, 3.05) is 6.54 Å². The van der Waals surface area contributed by atoms with Gasteiger partial charge in [0.15, 0.2) is 0 Å². The first-order valence-corrected chi connectivity index (χ1v) is 6.99. The summed E-state index contributed by atoms with van der Waals surface area (Å²) in [6, 6.07) is 0.820. The largest absolute Gasteiger partial charge is 0.444 e. The van der Waals surface area contributed by atoms with E-state index in [1.54, 1.807) is 0 Å². The fourth-order valence-electron chi connectivity index (χ4n) is 1.83. The molecule has 1 unspecified atom stereocenters. The molecule has 0 aromatic rings. The van der Waals surface area contributed by atoms with Gasteiger partial charge in [0.2, 0.25) is 0 Å². The van der Waals surface area contributed by atoms with Gasteiger partial charge in [0.1, 0.15) is 5.60 Å². The Hall–Kier alpha value is -0.770. The van der Waals surface area contributed by atoms with E-state index in [0.29, 0.717) is 12.0 Å². The van der Waals surface area contributed by atoms with Crippen LogP contribution < -0.4 is 10.6 Å². The molecule has 0 aliphatic heterocycles. The van der Waals surface area contributed by atoms with E-state index < -0.39 is 5.60 Å². The second kappa shape index (κ2) is 6.41. The first-order valence-electron chi connectivity index (χ1n) is 6.99. The Morgan fingerprint density at radius 3 is 2.39 bits per heavy atom. The number of nitrogens with one attached hydrogen (secondary N) is 2. The number of ether oxygens (including phenoxy) is 1. The molecule has 0 radical (unpaired) electrons. The number of carbonyl (C=O) groups is 1. The molecule has 0 aromatic heterocycles. The van der Waals surface area contributed by atoms with E-state index in [0.717, 1.165) is 13.0 Å². The van der Waals surface area contributed by atoms with E-state index in [9.17, 15) is 4.79 Å². The summed E-state index contributed by atoms with van der Waals surface area (Å²) in [6.45, 7) is 10.8. The highest BCUT2D eigenvalue weighted by Gasteiger charge is 2.24. The molecule has 1 amide bonds.